The molecule has 1 saturated heterocycles. The molecule has 1 heterocycles. The Morgan fingerprint density at radius 1 is 1.17 bits per heavy atom. The molecule has 2 nitrogen and oxygen atoms in total. The van der Waals surface area contributed by atoms with Gasteiger partial charge < -0.3 is 10.4 Å². The Morgan fingerprint density at radius 2 is 1.89 bits per heavy atom. The molecule has 0 unspecified atom stereocenters. The van der Waals surface area contributed by atoms with Gasteiger partial charge in [-0.15, -0.1) is 0 Å². The Morgan fingerprint density at radius 3 is 2.61 bits per heavy atom. The molecule has 0 radical (unpaired) electrons. The van der Waals surface area contributed by atoms with Gasteiger partial charge in [-0.05, 0) is 62.2 Å². The second-order valence-electron chi connectivity index (χ2n) is 6.12. The summed E-state index contributed by atoms with van der Waals surface area (Å²) in [6, 6.07) is 8.85. The predicted molar refractivity (Wildman–Crippen MR) is 73.6 cm³/mol. The number of rotatable bonds is 4. The van der Waals surface area contributed by atoms with Gasteiger partial charge in [0.2, 0.25) is 0 Å². The Balaban J connectivity index is 1.62. The van der Waals surface area contributed by atoms with Crippen molar-refractivity contribution in [3.63, 3.8) is 0 Å². The van der Waals surface area contributed by atoms with Crippen LogP contribution in [-0.2, 0) is 12.8 Å². The van der Waals surface area contributed by atoms with Crippen LogP contribution < -0.4 is 5.32 Å². The summed E-state index contributed by atoms with van der Waals surface area (Å²) in [6.07, 6.45) is 6.60. The second-order valence-corrected chi connectivity index (χ2v) is 6.12. The van der Waals surface area contributed by atoms with E-state index in [0.29, 0.717) is 0 Å². The lowest BCUT2D eigenvalue weighted by atomic mass is 9.90. The quantitative estimate of drug-likeness (QED) is 0.853. The molecule has 1 aliphatic heterocycles. The minimum Gasteiger partial charge on any atom is -0.390 e. The third kappa shape index (κ3) is 3.12. The normalized spacial score (nSPS) is 22.9. The van der Waals surface area contributed by atoms with Crippen LogP contribution in [0.4, 0.5) is 0 Å². The summed E-state index contributed by atoms with van der Waals surface area (Å²) < 4.78 is 0. The van der Waals surface area contributed by atoms with Crippen molar-refractivity contribution in [1.29, 1.82) is 0 Å². The molecule has 3 rings (SSSR count). The molecule has 1 saturated carbocycles. The maximum absolute atomic E-state index is 9.99. The van der Waals surface area contributed by atoms with E-state index in [1.54, 1.807) is 0 Å². The Kier molecular flexibility index (Phi) is 3.40. The molecule has 0 bridgehead atoms. The first-order chi connectivity index (χ1) is 8.73. The summed E-state index contributed by atoms with van der Waals surface area (Å²) in [5.41, 5.74) is 2.39. The van der Waals surface area contributed by atoms with Gasteiger partial charge in [-0.2, -0.15) is 0 Å². The third-order valence-electron chi connectivity index (χ3n) is 4.33. The first-order valence-corrected chi connectivity index (χ1v) is 7.24. The standard InChI is InChI=1S/C16H23NO/c18-16(6-7-16)12-15-3-1-2-14(11-15)10-13-4-8-17-9-5-13/h1-3,11,13,17-18H,4-10,12H2. The fourth-order valence-electron chi connectivity index (χ4n) is 2.99. The van der Waals surface area contributed by atoms with E-state index in [9.17, 15) is 5.11 Å². The van der Waals surface area contributed by atoms with Gasteiger partial charge in [0, 0.05) is 6.42 Å². The summed E-state index contributed by atoms with van der Waals surface area (Å²) in [4.78, 5) is 0. The van der Waals surface area contributed by atoms with Crippen LogP contribution >= 0.6 is 0 Å². The maximum Gasteiger partial charge on any atom is 0.0690 e. The minimum atomic E-state index is -0.368. The molecule has 0 aromatic heterocycles. The van der Waals surface area contributed by atoms with E-state index in [2.05, 4.69) is 29.6 Å². The minimum absolute atomic E-state index is 0.368. The van der Waals surface area contributed by atoms with Crippen molar-refractivity contribution in [2.45, 2.75) is 44.1 Å². The highest BCUT2D eigenvalue weighted by atomic mass is 16.3. The van der Waals surface area contributed by atoms with Crippen molar-refractivity contribution >= 4 is 0 Å². The van der Waals surface area contributed by atoms with Crippen LogP contribution in [0.5, 0.6) is 0 Å². The molecule has 98 valence electrons. The Bertz CT molecular complexity index is 405. The van der Waals surface area contributed by atoms with Crippen LogP contribution in [0.3, 0.4) is 0 Å². The number of nitrogens with one attached hydrogen (secondary N) is 1. The number of hydrogen-bond donors (Lipinski definition) is 2. The van der Waals surface area contributed by atoms with Gasteiger partial charge in [-0.25, -0.2) is 0 Å². The van der Waals surface area contributed by atoms with Crippen molar-refractivity contribution in [2.75, 3.05) is 13.1 Å². The van der Waals surface area contributed by atoms with E-state index in [1.807, 2.05) is 0 Å². The highest BCUT2D eigenvalue weighted by molar-refractivity contribution is 5.26. The second kappa shape index (κ2) is 5.02. The molecular formula is C16H23NO. The van der Waals surface area contributed by atoms with Gasteiger partial charge in [0.15, 0.2) is 0 Å². The molecule has 2 fully saturated rings. The zero-order valence-corrected chi connectivity index (χ0v) is 11.0. The van der Waals surface area contributed by atoms with Crippen LogP contribution in [0.25, 0.3) is 0 Å². The van der Waals surface area contributed by atoms with E-state index in [1.165, 1.54) is 43.5 Å². The fourth-order valence-corrected chi connectivity index (χ4v) is 2.99. The van der Waals surface area contributed by atoms with Gasteiger partial charge in [0.25, 0.3) is 0 Å². The van der Waals surface area contributed by atoms with E-state index in [-0.39, 0.29) is 5.60 Å². The summed E-state index contributed by atoms with van der Waals surface area (Å²) in [5.74, 6) is 0.838. The molecule has 1 aliphatic carbocycles. The van der Waals surface area contributed by atoms with Crippen molar-refractivity contribution < 1.29 is 5.11 Å². The smallest absolute Gasteiger partial charge is 0.0690 e. The Labute approximate surface area is 109 Å². The molecule has 0 spiro atoms. The molecular weight excluding hydrogens is 222 g/mol. The van der Waals surface area contributed by atoms with Crippen LogP contribution in [-0.4, -0.2) is 23.8 Å². The number of hydrogen-bond acceptors (Lipinski definition) is 2. The SMILES string of the molecule is OC1(Cc2cccc(CC3CCNCC3)c2)CC1. The van der Waals surface area contributed by atoms with Crippen LogP contribution in [0.1, 0.15) is 36.8 Å². The third-order valence-corrected chi connectivity index (χ3v) is 4.33. The summed E-state index contributed by atoms with van der Waals surface area (Å²) in [5, 5.41) is 13.4. The van der Waals surface area contributed by atoms with E-state index < -0.39 is 0 Å². The molecule has 18 heavy (non-hydrogen) atoms. The number of piperidine rings is 1. The Hall–Kier alpha value is -0.860. The molecule has 2 N–H and O–H groups in total. The first kappa shape index (κ1) is 12.2. The molecule has 0 amide bonds. The highest BCUT2D eigenvalue weighted by Gasteiger charge is 2.40. The van der Waals surface area contributed by atoms with Crippen molar-refractivity contribution in [3.8, 4) is 0 Å². The van der Waals surface area contributed by atoms with Crippen LogP contribution in [0.15, 0.2) is 24.3 Å². The van der Waals surface area contributed by atoms with E-state index in [0.717, 1.165) is 25.2 Å². The fraction of sp³-hybridized carbons (Fsp3) is 0.625. The van der Waals surface area contributed by atoms with E-state index >= 15 is 0 Å². The van der Waals surface area contributed by atoms with Gasteiger partial charge in [-0.3, -0.25) is 0 Å². The van der Waals surface area contributed by atoms with Gasteiger partial charge in [0.1, 0.15) is 0 Å². The zero-order chi connectivity index (χ0) is 12.4. The highest BCUT2D eigenvalue weighted by Crippen LogP contribution is 2.38. The first-order valence-electron chi connectivity index (χ1n) is 7.24. The lowest BCUT2D eigenvalue weighted by Crippen LogP contribution is -2.28. The number of aliphatic hydroxyl groups is 1. The summed E-state index contributed by atoms with van der Waals surface area (Å²) in [7, 11) is 0. The zero-order valence-electron chi connectivity index (χ0n) is 11.0. The molecule has 2 heteroatoms. The molecule has 1 aromatic carbocycles. The van der Waals surface area contributed by atoms with Crippen LogP contribution in [0, 0.1) is 5.92 Å². The molecule has 0 atom stereocenters. The lowest BCUT2D eigenvalue weighted by molar-refractivity contribution is 0.151. The van der Waals surface area contributed by atoms with Crippen molar-refractivity contribution in [2.24, 2.45) is 5.92 Å². The van der Waals surface area contributed by atoms with Gasteiger partial charge >= 0.3 is 0 Å². The monoisotopic (exact) mass is 245 g/mol. The van der Waals surface area contributed by atoms with Crippen molar-refractivity contribution in [1.82, 2.24) is 5.32 Å². The largest absolute Gasteiger partial charge is 0.390 e. The predicted octanol–water partition coefficient (Wildman–Crippen LogP) is 2.30. The van der Waals surface area contributed by atoms with Gasteiger partial charge in [0.05, 0.1) is 5.60 Å². The average molecular weight is 245 g/mol. The topological polar surface area (TPSA) is 32.3 Å². The average Bonchev–Trinajstić information content (AvgIpc) is 3.08. The number of benzene rings is 1. The lowest BCUT2D eigenvalue weighted by Gasteiger charge is -2.22. The summed E-state index contributed by atoms with van der Waals surface area (Å²) >= 11 is 0. The maximum atomic E-state index is 9.99. The van der Waals surface area contributed by atoms with E-state index in [4.69, 9.17) is 0 Å². The van der Waals surface area contributed by atoms with Crippen molar-refractivity contribution in [3.05, 3.63) is 35.4 Å². The molecule has 2 aliphatic rings. The molecule has 1 aromatic rings. The van der Waals surface area contributed by atoms with Crippen LogP contribution in [0.2, 0.25) is 0 Å². The summed E-state index contributed by atoms with van der Waals surface area (Å²) in [6.45, 7) is 2.34. The van der Waals surface area contributed by atoms with Gasteiger partial charge in [-0.1, -0.05) is 24.3 Å².